The molecule has 3 nitrogen and oxygen atoms in total. The minimum Gasteiger partial charge on any atom is -0.455 e. The summed E-state index contributed by atoms with van der Waals surface area (Å²) in [5.41, 5.74) is 14.9. The summed E-state index contributed by atoms with van der Waals surface area (Å²) in [5.74, 6) is 0. The predicted molar refractivity (Wildman–Crippen MR) is 231 cm³/mol. The average Bonchev–Trinajstić information content (AvgIpc) is 3.91. The van der Waals surface area contributed by atoms with Crippen molar-refractivity contribution in [3.8, 4) is 44.9 Å². The van der Waals surface area contributed by atoms with Crippen LogP contribution >= 0.6 is 0 Å². The van der Waals surface area contributed by atoms with Crippen LogP contribution in [0.25, 0.3) is 99.5 Å². The number of hydrogen-bond acceptors (Lipinski definition) is 1. The van der Waals surface area contributed by atoms with Crippen molar-refractivity contribution in [2.75, 3.05) is 0 Å². The molecule has 3 heterocycles. The molecule has 4 heteroatoms. The second-order valence-electron chi connectivity index (χ2n) is 14.2. The summed E-state index contributed by atoms with van der Waals surface area (Å²) in [7, 11) is 0.960. The van der Waals surface area contributed by atoms with Crippen LogP contribution in [0.4, 0.5) is 0 Å². The van der Waals surface area contributed by atoms with E-state index in [4.69, 9.17) is 4.42 Å². The molecule has 54 heavy (non-hydrogen) atoms. The second kappa shape index (κ2) is 12.1. The Bertz CT molecular complexity index is 3220. The van der Waals surface area contributed by atoms with Gasteiger partial charge >= 0.3 is 0 Å². The fourth-order valence-electron chi connectivity index (χ4n) is 8.50. The molecule has 8 aromatic carbocycles. The number of hydrogen-bond donors (Lipinski definition) is 0. The topological polar surface area (TPSA) is 23.0 Å². The summed E-state index contributed by atoms with van der Waals surface area (Å²) in [6, 6.07) is 68.1. The maximum Gasteiger partial charge on any atom is 0.143 e. The first-order valence-electron chi connectivity index (χ1n) is 18.5. The Morgan fingerprint density at radius 2 is 1.02 bits per heavy atom. The molecule has 0 spiro atoms. The second-order valence-corrected chi connectivity index (χ2v) is 15.3. The fourth-order valence-corrected chi connectivity index (χ4v) is 9.12. The zero-order chi connectivity index (χ0) is 35.8. The number of para-hydroxylation sites is 4. The molecule has 0 atom stereocenters. The summed E-state index contributed by atoms with van der Waals surface area (Å²) in [5, 5.41) is 7.41. The smallest absolute Gasteiger partial charge is 0.143 e. The first kappa shape index (κ1) is 30.7. The Labute approximate surface area is 315 Å². The number of benzene rings is 8. The SMILES string of the molecule is [SiH3]c1ccccc1-c1cc2cc(-c3ccc4c(c3)c3ccccc3n4-c3ccccc3)ccc2n1-c1ccc(-c2cccc3c2oc2ccccc23)cc1. The third kappa shape index (κ3) is 4.74. The van der Waals surface area contributed by atoms with Crippen molar-refractivity contribution < 1.29 is 4.42 Å². The van der Waals surface area contributed by atoms with Crippen molar-refractivity contribution in [2.24, 2.45) is 0 Å². The van der Waals surface area contributed by atoms with Gasteiger partial charge in [-0.05, 0) is 89.0 Å². The molecule has 254 valence electrons. The van der Waals surface area contributed by atoms with Gasteiger partial charge in [0.05, 0.1) is 22.2 Å². The highest BCUT2D eigenvalue weighted by Gasteiger charge is 2.18. The van der Waals surface area contributed by atoms with Gasteiger partial charge in [-0.15, -0.1) is 0 Å². The van der Waals surface area contributed by atoms with Gasteiger partial charge in [0.15, 0.2) is 0 Å². The van der Waals surface area contributed by atoms with E-state index < -0.39 is 0 Å². The molecule has 0 N–H and O–H groups in total. The van der Waals surface area contributed by atoms with Crippen LogP contribution in [-0.4, -0.2) is 19.4 Å². The van der Waals surface area contributed by atoms with Crippen LogP contribution in [0.5, 0.6) is 0 Å². The molecule has 0 saturated carbocycles. The molecule has 0 radical (unpaired) electrons. The largest absolute Gasteiger partial charge is 0.455 e. The minimum atomic E-state index is 0.917. The molecule has 0 aliphatic rings. The molecule has 0 bridgehead atoms. The average molecular weight is 707 g/mol. The summed E-state index contributed by atoms with van der Waals surface area (Å²) in [4.78, 5) is 0. The van der Waals surface area contributed by atoms with E-state index in [2.05, 4.69) is 185 Å². The maximum absolute atomic E-state index is 6.40. The van der Waals surface area contributed by atoms with E-state index in [1.54, 1.807) is 0 Å². The van der Waals surface area contributed by atoms with Gasteiger partial charge in [-0.25, -0.2) is 0 Å². The van der Waals surface area contributed by atoms with E-state index in [1.165, 1.54) is 66.0 Å². The normalized spacial score (nSPS) is 11.9. The quantitative estimate of drug-likeness (QED) is 0.163. The third-order valence-electron chi connectivity index (χ3n) is 11.1. The van der Waals surface area contributed by atoms with Crippen molar-refractivity contribution in [1.82, 2.24) is 9.13 Å². The van der Waals surface area contributed by atoms with Gasteiger partial charge in [-0.1, -0.05) is 127 Å². The number of furan rings is 1. The molecule has 3 aromatic heterocycles. The van der Waals surface area contributed by atoms with Crippen LogP contribution < -0.4 is 5.19 Å². The standard InChI is InChI=1S/C50H34N2OSi/c54-49-20-9-6-15-42(49)47-31-35-29-33(34-24-28-46-43(30-34)39-13-4-7-18-45(39)52(46)36-11-2-1-3-12-36)23-27-44(35)51(47)37-25-21-32(22-26-37)38-16-10-17-41-40-14-5-8-19-48(40)53-50(38)41/h1-31H,54H3. The van der Waals surface area contributed by atoms with Crippen molar-refractivity contribution in [1.29, 1.82) is 0 Å². The van der Waals surface area contributed by atoms with Gasteiger partial charge in [0.25, 0.3) is 0 Å². The van der Waals surface area contributed by atoms with Crippen molar-refractivity contribution in [3.05, 3.63) is 188 Å². The molecule has 0 aliphatic heterocycles. The minimum absolute atomic E-state index is 0.917. The van der Waals surface area contributed by atoms with Crippen molar-refractivity contribution in [2.45, 2.75) is 0 Å². The molecular formula is C50H34N2OSi. The van der Waals surface area contributed by atoms with Crippen LogP contribution in [0.2, 0.25) is 0 Å². The predicted octanol–water partition coefficient (Wildman–Crippen LogP) is 11.6. The van der Waals surface area contributed by atoms with Gasteiger partial charge in [0.1, 0.15) is 11.2 Å². The molecule has 0 saturated heterocycles. The summed E-state index contributed by atoms with van der Waals surface area (Å²) in [6.45, 7) is 0. The number of fused-ring (bicyclic) bond motifs is 7. The lowest BCUT2D eigenvalue weighted by Crippen LogP contribution is -2.08. The first-order chi connectivity index (χ1) is 26.7. The lowest BCUT2D eigenvalue weighted by molar-refractivity contribution is 0.670. The first-order valence-corrected chi connectivity index (χ1v) is 19.5. The van der Waals surface area contributed by atoms with Crippen LogP contribution in [0.3, 0.4) is 0 Å². The lowest BCUT2D eigenvalue weighted by Gasteiger charge is -2.14. The Balaban J connectivity index is 1.05. The van der Waals surface area contributed by atoms with Crippen molar-refractivity contribution >= 4 is 70.1 Å². The van der Waals surface area contributed by atoms with E-state index in [1.807, 2.05) is 12.1 Å². The molecule has 0 fully saturated rings. The Hall–Kier alpha value is -6.88. The van der Waals surface area contributed by atoms with Crippen LogP contribution in [0.15, 0.2) is 192 Å². The van der Waals surface area contributed by atoms with Crippen molar-refractivity contribution in [3.63, 3.8) is 0 Å². The van der Waals surface area contributed by atoms with Crippen LogP contribution in [-0.2, 0) is 0 Å². The van der Waals surface area contributed by atoms with Gasteiger partial charge in [-0.3, -0.25) is 0 Å². The third-order valence-corrected chi connectivity index (χ3v) is 12.0. The zero-order valence-electron chi connectivity index (χ0n) is 29.7. The van der Waals surface area contributed by atoms with Crippen LogP contribution in [0.1, 0.15) is 0 Å². The van der Waals surface area contributed by atoms with E-state index in [0.29, 0.717) is 0 Å². The highest BCUT2D eigenvalue weighted by atomic mass is 28.1. The lowest BCUT2D eigenvalue weighted by atomic mass is 10.0. The molecule has 11 aromatic rings. The van der Waals surface area contributed by atoms with E-state index in [-0.39, 0.29) is 0 Å². The van der Waals surface area contributed by atoms with E-state index >= 15 is 0 Å². The van der Waals surface area contributed by atoms with E-state index in [9.17, 15) is 0 Å². The Morgan fingerprint density at radius 3 is 1.87 bits per heavy atom. The summed E-state index contributed by atoms with van der Waals surface area (Å²) >= 11 is 0. The summed E-state index contributed by atoms with van der Waals surface area (Å²) < 4.78 is 11.2. The van der Waals surface area contributed by atoms with Gasteiger partial charge < -0.3 is 13.6 Å². The number of rotatable bonds is 5. The maximum atomic E-state index is 6.40. The fraction of sp³-hybridized carbons (Fsp3) is 0. The Morgan fingerprint density at radius 1 is 0.389 bits per heavy atom. The van der Waals surface area contributed by atoms with Crippen LogP contribution in [0, 0.1) is 0 Å². The Kier molecular flexibility index (Phi) is 6.88. The molecule has 0 aliphatic carbocycles. The number of nitrogens with zero attached hydrogens (tertiary/aromatic N) is 2. The van der Waals surface area contributed by atoms with Gasteiger partial charge in [-0.2, -0.15) is 0 Å². The van der Waals surface area contributed by atoms with Gasteiger partial charge in [0.2, 0.25) is 0 Å². The molecule has 0 amide bonds. The highest BCUT2D eigenvalue weighted by Crippen LogP contribution is 2.39. The summed E-state index contributed by atoms with van der Waals surface area (Å²) in [6.07, 6.45) is 0. The molecular weight excluding hydrogens is 673 g/mol. The molecule has 11 rings (SSSR count). The zero-order valence-corrected chi connectivity index (χ0v) is 31.7. The molecule has 0 unspecified atom stereocenters. The number of aromatic nitrogens is 2. The van der Waals surface area contributed by atoms with Gasteiger partial charge in [0, 0.05) is 54.1 Å². The monoisotopic (exact) mass is 706 g/mol. The van der Waals surface area contributed by atoms with E-state index in [0.717, 1.165) is 49.0 Å². The highest BCUT2D eigenvalue weighted by molar-refractivity contribution is 6.36.